The van der Waals surface area contributed by atoms with Crippen LogP contribution in [0.15, 0.2) is 34.9 Å². The van der Waals surface area contributed by atoms with Gasteiger partial charge in [-0.05, 0) is 45.0 Å². The van der Waals surface area contributed by atoms with Crippen LogP contribution in [-0.2, 0) is 16.1 Å². The molecule has 0 saturated carbocycles. The zero-order valence-corrected chi connectivity index (χ0v) is 17.5. The van der Waals surface area contributed by atoms with Gasteiger partial charge in [0.15, 0.2) is 5.82 Å². The number of hydrogen-bond acceptors (Lipinski definition) is 6. The summed E-state index contributed by atoms with van der Waals surface area (Å²) in [6, 6.07) is 8.09. The molecule has 27 heavy (non-hydrogen) atoms. The highest BCUT2D eigenvalue weighted by Gasteiger charge is 2.26. The van der Waals surface area contributed by atoms with Crippen molar-refractivity contribution < 1.29 is 9.53 Å². The van der Waals surface area contributed by atoms with Crippen LogP contribution in [0, 0.1) is 5.92 Å². The highest BCUT2D eigenvalue weighted by molar-refractivity contribution is 9.10. The van der Waals surface area contributed by atoms with Crippen LogP contribution < -0.4 is 0 Å². The first-order valence-corrected chi connectivity index (χ1v) is 10.7. The first-order chi connectivity index (χ1) is 13.1. The SMILES string of the molecule is CCOC(=O)C1CCN(Cc2cn3c(-c4cccc(Br)c4)nnc3s2)CC1. The normalized spacial score (nSPS) is 16.1. The van der Waals surface area contributed by atoms with Crippen molar-refractivity contribution in [3.8, 4) is 11.4 Å². The van der Waals surface area contributed by atoms with Crippen LogP contribution in [0.1, 0.15) is 24.6 Å². The molecule has 1 aromatic carbocycles. The number of rotatable bonds is 5. The third-order valence-corrected chi connectivity index (χ3v) is 6.28. The Bertz CT molecular complexity index is 946. The Labute approximate surface area is 170 Å². The molecule has 4 rings (SSSR count). The molecule has 0 N–H and O–H groups in total. The Morgan fingerprint density at radius 1 is 1.33 bits per heavy atom. The topological polar surface area (TPSA) is 59.7 Å². The van der Waals surface area contributed by atoms with Gasteiger partial charge in [-0.3, -0.25) is 14.1 Å². The van der Waals surface area contributed by atoms with Gasteiger partial charge in [0.05, 0.1) is 12.5 Å². The Morgan fingerprint density at radius 2 is 2.15 bits per heavy atom. The first-order valence-electron chi connectivity index (χ1n) is 9.12. The minimum absolute atomic E-state index is 0.0449. The summed E-state index contributed by atoms with van der Waals surface area (Å²) in [6.07, 6.45) is 3.87. The summed E-state index contributed by atoms with van der Waals surface area (Å²) in [6.45, 7) is 5.03. The summed E-state index contributed by atoms with van der Waals surface area (Å²) in [4.78, 5) is 16.4. The van der Waals surface area contributed by atoms with Gasteiger partial charge in [-0.1, -0.05) is 39.4 Å². The van der Waals surface area contributed by atoms with E-state index in [0.29, 0.717) is 6.61 Å². The van der Waals surface area contributed by atoms with Gasteiger partial charge < -0.3 is 4.74 Å². The predicted octanol–water partition coefficient (Wildman–Crippen LogP) is 4.00. The van der Waals surface area contributed by atoms with Gasteiger partial charge in [0.25, 0.3) is 0 Å². The van der Waals surface area contributed by atoms with E-state index in [9.17, 15) is 4.79 Å². The highest BCUT2D eigenvalue weighted by atomic mass is 79.9. The largest absolute Gasteiger partial charge is 0.466 e. The van der Waals surface area contributed by atoms with Crippen molar-refractivity contribution in [2.24, 2.45) is 5.92 Å². The number of esters is 1. The fourth-order valence-corrected chi connectivity index (χ4v) is 4.81. The van der Waals surface area contributed by atoms with E-state index in [1.165, 1.54) is 4.88 Å². The maximum atomic E-state index is 11.9. The quantitative estimate of drug-likeness (QED) is 0.552. The van der Waals surface area contributed by atoms with Crippen LogP contribution in [0.5, 0.6) is 0 Å². The van der Waals surface area contributed by atoms with Crippen LogP contribution in [0.25, 0.3) is 16.3 Å². The summed E-state index contributed by atoms with van der Waals surface area (Å²) in [5.74, 6) is 0.862. The summed E-state index contributed by atoms with van der Waals surface area (Å²) in [5.41, 5.74) is 1.04. The molecule has 6 nitrogen and oxygen atoms in total. The summed E-state index contributed by atoms with van der Waals surface area (Å²) < 4.78 is 8.24. The molecule has 0 unspecified atom stereocenters. The maximum absolute atomic E-state index is 11.9. The van der Waals surface area contributed by atoms with Crippen LogP contribution >= 0.6 is 27.3 Å². The van der Waals surface area contributed by atoms with Crippen molar-refractivity contribution in [2.45, 2.75) is 26.3 Å². The number of benzene rings is 1. The van der Waals surface area contributed by atoms with E-state index in [4.69, 9.17) is 4.74 Å². The fourth-order valence-electron chi connectivity index (χ4n) is 3.46. The van der Waals surface area contributed by atoms with Crippen molar-refractivity contribution in [3.63, 3.8) is 0 Å². The van der Waals surface area contributed by atoms with Crippen LogP contribution in [0.3, 0.4) is 0 Å². The molecule has 0 bridgehead atoms. The number of carbonyl (C=O) groups is 1. The monoisotopic (exact) mass is 448 g/mol. The lowest BCUT2D eigenvalue weighted by Crippen LogP contribution is -2.36. The molecule has 3 heterocycles. The number of piperidine rings is 1. The fraction of sp³-hybridized carbons (Fsp3) is 0.421. The van der Waals surface area contributed by atoms with E-state index >= 15 is 0 Å². The summed E-state index contributed by atoms with van der Waals surface area (Å²) >= 11 is 5.18. The van der Waals surface area contributed by atoms with Gasteiger partial charge in [0.2, 0.25) is 4.96 Å². The molecule has 0 aliphatic carbocycles. The molecule has 0 amide bonds. The zero-order valence-electron chi connectivity index (χ0n) is 15.1. The average molecular weight is 449 g/mol. The van der Waals surface area contributed by atoms with Gasteiger partial charge in [-0.2, -0.15) is 0 Å². The minimum atomic E-state index is -0.0449. The Hall–Kier alpha value is -1.77. The van der Waals surface area contributed by atoms with Crippen LogP contribution in [-0.4, -0.2) is 45.2 Å². The molecule has 3 aromatic rings. The molecule has 0 radical (unpaired) electrons. The summed E-state index contributed by atoms with van der Waals surface area (Å²) in [7, 11) is 0. The standard InChI is InChI=1S/C19H21BrN4O2S/c1-2-26-18(25)13-6-8-23(9-7-13)11-16-12-24-17(21-22-19(24)27-16)14-4-3-5-15(20)10-14/h3-5,10,12-13H,2,6-9,11H2,1H3. The lowest BCUT2D eigenvalue weighted by molar-refractivity contribution is -0.149. The smallest absolute Gasteiger partial charge is 0.309 e. The number of likely N-dealkylation sites (tertiary alicyclic amines) is 1. The minimum Gasteiger partial charge on any atom is -0.466 e. The van der Waals surface area contributed by atoms with Crippen molar-refractivity contribution in [1.29, 1.82) is 0 Å². The molecular formula is C19H21BrN4O2S. The number of aromatic nitrogens is 3. The molecule has 0 atom stereocenters. The second-order valence-electron chi connectivity index (χ2n) is 6.69. The number of ether oxygens (including phenoxy) is 1. The van der Waals surface area contributed by atoms with Gasteiger partial charge >= 0.3 is 5.97 Å². The molecule has 8 heteroatoms. The van der Waals surface area contributed by atoms with Crippen LogP contribution in [0.2, 0.25) is 0 Å². The molecule has 142 valence electrons. The van der Waals surface area contributed by atoms with E-state index in [1.807, 2.05) is 31.2 Å². The van der Waals surface area contributed by atoms with E-state index in [0.717, 1.165) is 53.3 Å². The van der Waals surface area contributed by atoms with E-state index in [1.54, 1.807) is 11.3 Å². The number of halogens is 1. The molecule has 1 fully saturated rings. The van der Waals surface area contributed by atoms with Crippen LogP contribution in [0.4, 0.5) is 0 Å². The second kappa shape index (κ2) is 8.08. The third-order valence-electron chi connectivity index (χ3n) is 4.83. The number of hydrogen-bond donors (Lipinski definition) is 0. The lowest BCUT2D eigenvalue weighted by atomic mass is 9.97. The van der Waals surface area contributed by atoms with Crippen molar-refractivity contribution >= 4 is 38.2 Å². The van der Waals surface area contributed by atoms with Crippen molar-refractivity contribution in [3.05, 3.63) is 39.8 Å². The number of fused-ring (bicyclic) bond motifs is 1. The molecule has 2 aromatic heterocycles. The molecular weight excluding hydrogens is 428 g/mol. The number of nitrogens with zero attached hydrogens (tertiary/aromatic N) is 4. The zero-order chi connectivity index (χ0) is 18.8. The summed E-state index contributed by atoms with van der Waals surface area (Å²) in [5, 5.41) is 8.67. The Morgan fingerprint density at radius 3 is 2.89 bits per heavy atom. The molecule has 1 saturated heterocycles. The molecule has 1 aliphatic heterocycles. The maximum Gasteiger partial charge on any atom is 0.309 e. The van der Waals surface area contributed by atoms with E-state index in [2.05, 4.69) is 41.6 Å². The first kappa shape index (κ1) is 18.6. The number of thiazole rings is 1. The van der Waals surface area contributed by atoms with Crippen molar-refractivity contribution in [1.82, 2.24) is 19.5 Å². The van der Waals surface area contributed by atoms with Gasteiger partial charge in [0, 0.05) is 27.7 Å². The van der Waals surface area contributed by atoms with E-state index in [-0.39, 0.29) is 11.9 Å². The average Bonchev–Trinajstić information content (AvgIpc) is 3.22. The molecule has 0 spiro atoms. The van der Waals surface area contributed by atoms with Gasteiger partial charge in [0.1, 0.15) is 0 Å². The van der Waals surface area contributed by atoms with Gasteiger partial charge in [-0.15, -0.1) is 10.2 Å². The van der Waals surface area contributed by atoms with Gasteiger partial charge in [-0.25, -0.2) is 0 Å². The lowest BCUT2D eigenvalue weighted by Gasteiger charge is -2.30. The number of carbonyl (C=O) groups excluding carboxylic acids is 1. The van der Waals surface area contributed by atoms with Crippen molar-refractivity contribution in [2.75, 3.05) is 19.7 Å². The third kappa shape index (κ3) is 4.07. The highest BCUT2D eigenvalue weighted by Crippen LogP contribution is 2.27. The molecule has 1 aliphatic rings. The Balaban J connectivity index is 1.44. The second-order valence-corrected chi connectivity index (χ2v) is 8.70. The van der Waals surface area contributed by atoms with E-state index < -0.39 is 0 Å². The predicted molar refractivity (Wildman–Crippen MR) is 109 cm³/mol. The Kier molecular flexibility index (Phi) is 5.56.